The molecule has 12 rings (SSSR count). The minimum absolute atomic E-state index is 0.645. The van der Waals surface area contributed by atoms with Gasteiger partial charge in [-0.05, 0) is 115 Å². The molecule has 5 nitrogen and oxygen atoms in total. The van der Waals surface area contributed by atoms with Gasteiger partial charge in [-0.1, -0.05) is 115 Å². The zero-order valence-corrected chi connectivity index (χ0v) is 30.5. The lowest BCUT2D eigenvalue weighted by Gasteiger charge is -2.15. The molecule has 57 heavy (non-hydrogen) atoms. The van der Waals surface area contributed by atoms with Gasteiger partial charge in [-0.15, -0.1) is 0 Å². The zero-order valence-electron chi connectivity index (χ0n) is 30.5. The van der Waals surface area contributed by atoms with Crippen LogP contribution >= 0.6 is 0 Å². The number of nitrogens with zero attached hydrogens (tertiary/aromatic N) is 5. The van der Waals surface area contributed by atoms with E-state index in [2.05, 4.69) is 106 Å². The Kier molecular flexibility index (Phi) is 6.63. The first-order chi connectivity index (χ1) is 28.2. The van der Waals surface area contributed by atoms with Gasteiger partial charge in [0.2, 0.25) is 0 Å². The highest BCUT2D eigenvalue weighted by molar-refractivity contribution is 6.27. The lowest BCUT2D eigenvalue weighted by atomic mass is 9.89. The van der Waals surface area contributed by atoms with Crippen molar-refractivity contribution in [3.8, 4) is 51.0 Å². The largest absolute Gasteiger partial charge is 0.310 e. The molecule has 2 aromatic heterocycles. The van der Waals surface area contributed by atoms with Gasteiger partial charge in [-0.3, -0.25) is 0 Å². The molecule has 2 heterocycles. The first-order valence-electron chi connectivity index (χ1n) is 19.0. The molecule has 0 fully saturated rings. The maximum Gasteiger partial charge on any atom is 0.189 e. The van der Waals surface area contributed by atoms with E-state index in [4.69, 9.17) is 21.5 Å². The number of hydrogen-bond donors (Lipinski definition) is 0. The third-order valence-corrected chi connectivity index (χ3v) is 11.4. The van der Waals surface area contributed by atoms with Crippen LogP contribution in [0.25, 0.3) is 121 Å². The van der Waals surface area contributed by atoms with Gasteiger partial charge >= 0.3 is 0 Å². The van der Waals surface area contributed by atoms with Crippen LogP contribution in [-0.2, 0) is 0 Å². The van der Waals surface area contributed by atoms with Crippen LogP contribution in [0.5, 0.6) is 0 Å². The SMILES string of the molecule is [C-]#[N+]c1cc2ccc3cc(-c4cc5ccc6cc(-c7nc(-c8ccccc8)nc(-c8ccccc8)n7)cc7ccc(c4)c5c67)cc4c3c2c(c1)n4-c1ccccc1. The first-order valence-corrected chi connectivity index (χ1v) is 19.0. The number of aromatic nitrogens is 4. The summed E-state index contributed by atoms with van der Waals surface area (Å²) in [6.45, 7) is 7.82. The molecule has 0 atom stereocenters. The fourth-order valence-corrected chi connectivity index (χ4v) is 8.91. The third kappa shape index (κ3) is 4.85. The summed E-state index contributed by atoms with van der Waals surface area (Å²) < 4.78 is 2.32. The summed E-state index contributed by atoms with van der Waals surface area (Å²) in [5.41, 5.74) is 9.09. The van der Waals surface area contributed by atoms with Crippen molar-refractivity contribution in [3.63, 3.8) is 0 Å². The topological polar surface area (TPSA) is 48.0 Å². The number of rotatable bonds is 5. The van der Waals surface area contributed by atoms with E-state index < -0.39 is 0 Å². The molecule has 0 amide bonds. The van der Waals surface area contributed by atoms with Crippen molar-refractivity contribution >= 4 is 70.6 Å². The Labute approximate surface area is 327 Å². The summed E-state index contributed by atoms with van der Waals surface area (Å²) in [5.74, 6) is 1.95. The van der Waals surface area contributed by atoms with Crippen LogP contribution in [0.2, 0.25) is 0 Å². The summed E-state index contributed by atoms with van der Waals surface area (Å²) in [5, 5.41) is 11.9. The number of para-hydroxylation sites is 1. The van der Waals surface area contributed by atoms with Crippen LogP contribution in [0.3, 0.4) is 0 Å². The van der Waals surface area contributed by atoms with Crippen molar-refractivity contribution in [2.24, 2.45) is 0 Å². The van der Waals surface area contributed by atoms with E-state index in [1.165, 1.54) is 37.7 Å². The molecule has 0 radical (unpaired) electrons. The quantitative estimate of drug-likeness (QED) is 0.131. The summed E-state index contributed by atoms with van der Waals surface area (Å²) in [7, 11) is 0. The van der Waals surface area contributed by atoms with Crippen LogP contribution in [0.15, 0.2) is 176 Å². The van der Waals surface area contributed by atoms with E-state index in [0.717, 1.165) is 60.7 Å². The number of hydrogen-bond acceptors (Lipinski definition) is 3. The lowest BCUT2D eigenvalue weighted by Crippen LogP contribution is -2.00. The predicted molar refractivity (Wildman–Crippen MR) is 235 cm³/mol. The van der Waals surface area contributed by atoms with Crippen molar-refractivity contribution in [2.75, 3.05) is 0 Å². The molecule has 0 N–H and O–H groups in total. The van der Waals surface area contributed by atoms with E-state index >= 15 is 0 Å². The van der Waals surface area contributed by atoms with Gasteiger partial charge in [0.1, 0.15) is 0 Å². The normalized spacial score (nSPS) is 11.8. The van der Waals surface area contributed by atoms with Gasteiger partial charge in [0.25, 0.3) is 0 Å². The van der Waals surface area contributed by atoms with Crippen molar-refractivity contribution in [1.29, 1.82) is 0 Å². The molecule has 0 aliphatic carbocycles. The van der Waals surface area contributed by atoms with Crippen molar-refractivity contribution in [3.05, 3.63) is 187 Å². The molecule has 12 aromatic rings. The van der Waals surface area contributed by atoms with Gasteiger partial charge in [0, 0.05) is 38.7 Å². The molecule has 5 heteroatoms. The Morgan fingerprint density at radius 3 is 1.23 bits per heavy atom. The highest BCUT2D eigenvalue weighted by Crippen LogP contribution is 2.44. The molecule has 0 aliphatic heterocycles. The summed E-state index contributed by atoms with van der Waals surface area (Å²) >= 11 is 0. The smallest absolute Gasteiger partial charge is 0.189 e. The summed E-state index contributed by atoms with van der Waals surface area (Å²) in [4.78, 5) is 18.8. The van der Waals surface area contributed by atoms with Gasteiger partial charge in [-0.2, -0.15) is 0 Å². The minimum atomic E-state index is 0.645. The summed E-state index contributed by atoms with van der Waals surface area (Å²) in [6.07, 6.45) is 0. The Balaban J connectivity index is 1.03. The second-order valence-corrected chi connectivity index (χ2v) is 14.8. The Hall–Kier alpha value is -7.94. The standard InChI is InChI=1S/C52H29N5/c1-53-42-28-38-22-21-37-25-40(29-44-48(37)49(38)45(30-42)57(44)43-15-9-4-10-16-43)39-23-33-17-19-35-26-41(27-36-20-18-34(24-39)46(33)47(35)36)52-55-50(31-11-5-2-6-12-31)54-51(56-52)32-13-7-3-8-14-32/h2-30H. The van der Waals surface area contributed by atoms with Crippen molar-refractivity contribution in [2.45, 2.75) is 0 Å². The van der Waals surface area contributed by atoms with Gasteiger partial charge < -0.3 is 4.57 Å². The van der Waals surface area contributed by atoms with Crippen LogP contribution in [-0.4, -0.2) is 19.5 Å². The van der Waals surface area contributed by atoms with Crippen LogP contribution in [0.4, 0.5) is 5.69 Å². The van der Waals surface area contributed by atoms with Gasteiger partial charge in [0.05, 0.1) is 12.1 Å². The van der Waals surface area contributed by atoms with Crippen molar-refractivity contribution < 1.29 is 0 Å². The first kappa shape index (κ1) is 31.4. The second kappa shape index (κ2) is 12.0. The molecule has 262 valence electrons. The van der Waals surface area contributed by atoms with Crippen LogP contribution in [0.1, 0.15) is 0 Å². The predicted octanol–water partition coefficient (Wildman–Crippen LogP) is 13.7. The molecule has 0 unspecified atom stereocenters. The van der Waals surface area contributed by atoms with E-state index in [9.17, 15) is 0 Å². The average Bonchev–Trinajstić information content (AvgIpc) is 3.62. The molecule has 0 spiro atoms. The van der Waals surface area contributed by atoms with Crippen molar-refractivity contribution in [1.82, 2.24) is 19.5 Å². The second-order valence-electron chi connectivity index (χ2n) is 14.8. The highest BCUT2D eigenvalue weighted by Gasteiger charge is 2.20. The molecule has 0 bridgehead atoms. The third-order valence-electron chi connectivity index (χ3n) is 11.4. The molecular weight excluding hydrogens is 695 g/mol. The van der Waals surface area contributed by atoms with E-state index in [-0.39, 0.29) is 0 Å². The van der Waals surface area contributed by atoms with E-state index in [1.807, 2.05) is 78.9 Å². The van der Waals surface area contributed by atoms with E-state index in [0.29, 0.717) is 23.2 Å². The van der Waals surface area contributed by atoms with Gasteiger partial charge in [-0.25, -0.2) is 19.8 Å². The molecule has 0 saturated carbocycles. The van der Waals surface area contributed by atoms with Gasteiger partial charge in [0.15, 0.2) is 23.2 Å². The Morgan fingerprint density at radius 2 is 0.737 bits per heavy atom. The van der Waals surface area contributed by atoms with E-state index in [1.54, 1.807) is 0 Å². The average molecular weight is 724 g/mol. The molecule has 0 aliphatic rings. The maximum absolute atomic E-state index is 7.82. The Morgan fingerprint density at radius 1 is 0.351 bits per heavy atom. The molecule has 0 saturated heterocycles. The zero-order chi connectivity index (χ0) is 37.6. The highest BCUT2D eigenvalue weighted by atomic mass is 15.0. The summed E-state index contributed by atoms with van der Waals surface area (Å²) in [6, 6.07) is 61.8. The maximum atomic E-state index is 7.82. The molecular formula is C52H29N5. The monoisotopic (exact) mass is 723 g/mol. The number of benzene rings is 10. The molecule has 10 aromatic carbocycles. The van der Waals surface area contributed by atoms with Crippen LogP contribution < -0.4 is 0 Å². The minimum Gasteiger partial charge on any atom is -0.310 e. The Bertz CT molecular complexity index is 3440. The fourth-order valence-electron chi connectivity index (χ4n) is 8.91. The fraction of sp³-hybridized carbons (Fsp3) is 0. The van der Waals surface area contributed by atoms with Crippen LogP contribution in [0, 0.1) is 6.57 Å². The lowest BCUT2D eigenvalue weighted by molar-refractivity contribution is 1.07.